The molecule has 7 nitrogen and oxygen atoms in total. The van der Waals surface area contributed by atoms with Gasteiger partial charge in [0.05, 0.1) is 24.8 Å². The molecule has 1 heterocycles. The molecule has 0 aromatic heterocycles. The predicted molar refractivity (Wildman–Crippen MR) is 113 cm³/mol. The maximum Gasteiger partial charge on any atom is 0.295 e. The molecular formula is C23H25FN2O5. The van der Waals surface area contributed by atoms with Gasteiger partial charge in [0.15, 0.2) is 0 Å². The summed E-state index contributed by atoms with van der Waals surface area (Å²) in [6, 6.07) is 11.2. The van der Waals surface area contributed by atoms with Crippen LogP contribution in [-0.4, -0.2) is 59.7 Å². The highest BCUT2D eigenvalue weighted by Crippen LogP contribution is 2.39. The third kappa shape index (κ3) is 4.92. The Kier molecular flexibility index (Phi) is 7.38. The van der Waals surface area contributed by atoms with Crippen molar-refractivity contribution in [2.45, 2.75) is 13.0 Å². The lowest BCUT2D eigenvalue weighted by Crippen LogP contribution is -2.36. The summed E-state index contributed by atoms with van der Waals surface area (Å²) >= 11 is 0. The van der Waals surface area contributed by atoms with E-state index < -0.39 is 23.5 Å². The van der Waals surface area contributed by atoms with Crippen LogP contribution in [0.3, 0.4) is 0 Å². The third-order valence-electron chi connectivity index (χ3n) is 4.98. The molecule has 1 unspecified atom stereocenters. The number of carbonyl (C=O) groups excluding carboxylic acids is 2. The van der Waals surface area contributed by atoms with Crippen LogP contribution >= 0.6 is 0 Å². The molecule has 1 amide bonds. The Bertz CT molecular complexity index is 957. The number of ether oxygens (including phenoxy) is 1. The van der Waals surface area contributed by atoms with Crippen LogP contribution in [0.25, 0.3) is 5.76 Å². The Morgan fingerprint density at radius 3 is 2.39 bits per heavy atom. The number of hydrogen-bond donors (Lipinski definition) is 3. The van der Waals surface area contributed by atoms with Crippen LogP contribution < -0.4 is 10.1 Å². The SMILES string of the molecule is CCOc1ccc(C2/C(=C(\O)c3ccc(F)cc3)C(=O)C(=O)N2CCNCCO)cc1. The van der Waals surface area contributed by atoms with E-state index in [1.807, 2.05) is 6.92 Å². The van der Waals surface area contributed by atoms with Gasteiger partial charge in [-0.05, 0) is 48.9 Å². The first-order valence-corrected chi connectivity index (χ1v) is 10.1. The zero-order chi connectivity index (χ0) is 22.4. The predicted octanol–water partition coefficient (Wildman–Crippen LogP) is 2.23. The molecule has 1 aliphatic heterocycles. The number of aliphatic hydroxyl groups is 2. The van der Waals surface area contributed by atoms with Crippen molar-refractivity contribution < 1.29 is 28.9 Å². The Morgan fingerprint density at radius 2 is 1.77 bits per heavy atom. The minimum Gasteiger partial charge on any atom is -0.507 e. The van der Waals surface area contributed by atoms with Gasteiger partial charge in [0.1, 0.15) is 17.3 Å². The standard InChI is InChI=1S/C23H25FN2O5/c1-2-31-18-9-5-15(6-10-18)20-19(21(28)16-3-7-17(24)8-4-16)22(29)23(30)26(20)13-11-25-12-14-27/h3-10,20,25,27-28H,2,11-14H2,1H3/b21-19+. The summed E-state index contributed by atoms with van der Waals surface area (Å²) in [6.45, 7) is 3.23. The van der Waals surface area contributed by atoms with Crippen molar-refractivity contribution in [1.29, 1.82) is 0 Å². The number of carbonyl (C=O) groups is 2. The van der Waals surface area contributed by atoms with Crippen LogP contribution in [0.4, 0.5) is 4.39 Å². The van der Waals surface area contributed by atoms with E-state index in [0.717, 1.165) is 0 Å². The van der Waals surface area contributed by atoms with Gasteiger partial charge in [0, 0.05) is 25.2 Å². The van der Waals surface area contributed by atoms with Crippen LogP contribution in [0.15, 0.2) is 54.1 Å². The molecule has 0 bridgehead atoms. The topological polar surface area (TPSA) is 99.1 Å². The lowest BCUT2D eigenvalue weighted by Gasteiger charge is -2.25. The fourth-order valence-corrected chi connectivity index (χ4v) is 3.54. The van der Waals surface area contributed by atoms with E-state index in [2.05, 4.69) is 5.32 Å². The average molecular weight is 428 g/mol. The number of nitrogens with one attached hydrogen (secondary N) is 1. The first-order chi connectivity index (χ1) is 15.0. The molecule has 0 aliphatic carbocycles. The van der Waals surface area contributed by atoms with Gasteiger partial charge in [-0.1, -0.05) is 12.1 Å². The quantitative estimate of drug-likeness (QED) is 0.245. The number of benzene rings is 2. The zero-order valence-corrected chi connectivity index (χ0v) is 17.2. The summed E-state index contributed by atoms with van der Waals surface area (Å²) < 4.78 is 18.8. The van der Waals surface area contributed by atoms with Crippen molar-refractivity contribution in [3.05, 3.63) is 71.0 Å². The van der Waals surface area contributed by atoms with Gasteiger partial charge >= 0.3 is 0 Å². The number of Topliss-reactive ketones (excluding diaryl/α,β-unsaturated/α-hetero) is 1. The zero-order valence-electron chi connectivity index (χ0n) is 17.2. The molecule has 3 N–H and O–H groups in total. The highest BCUT2D eigenvalue weighted by molar-refractivity contribution is 6.46. The Labute approximate surface area is 179 Å². The summed E-state index contributed by atoms with van der Waals surface area (Å²) in [5, 5.41) is 22.8. The van der Waals surface area contributed by atoms with Gasteiger partial charge in [0.25, 0.3) is 11.7 Å². The van der Waals surface area contributed by atoms with Crippen molar-refractivity contribution >= 4 is 17.4 Å². The fraction of sp³-hybridized carbons (Fsp3) is 0.304. The van der Waals surface area contributed by atoms with Crippen LogP contribution in [-0.2, 0) is 9.59 Å². The Balaban J connectivity index is 2.03. The largest absolute Gasteiger partial charge is 0.507 e. The van der Waals surface area contributed by atoms with E-state index in [0.29, 0.717) is 31.0 Å². The molecule has 2 aromatic carbocycles. The molecule has 3 rings (SSSR count). The first-order valence-electron chi connectivity index (χ1n) is 10.1. The monoisotopic (exact) mass is 428 g/mol. The number of rotatable bonds is 9. The number of likely N-dealkylation sites (tertiary alicyclic amines) is 1. The van der Waals surface area contributed by atoms with E-state index in [1.165, 1.54) is 29.2 Å². The first kappa shape index (κ1) is 22.5. The number of hydrogen-bond acceptors (Lipinski definition) is 6. The fourth-order valence-electron chi connectivity index (χ4n) is 3.54. The summed E-state index contributed by atoms with van der Waals surface area (Å²) in [5.41, 5.74) is 0.824. The van der Waals surface area contributed by atoms with E-state index in [-0.39, 0.29) is 30.0 Å². The second kappa shape index (κ2) is 10.2. The summed E-state index contributed by atoms with van der Waals surface area (Å²) in [6.07, 6.45) is 0. The van der Waals surface area contributed by atoms with Crippen molar-refractivity contribution in [1.82, 2.24) is 10.2 Å². The maximum atomic E-state index is 13.3. The second-order valence-electron chi connectivity index (χ2n) is 6.98. The second-order valence-corrected chi connectivity index (χ2v) is 6.98. The molecule has 1 atom stereocenters. The molecule has 2 aromatic rings. The highest BCUT2D eigenvalue weighted by atomic mass is 19.1. The molecule has 1 aliphatic rings. The van der Waals surface area contributed by atoms with Crippen molar-refractivity contribution in [3.8, 4) is 5.75 Å². The number of halogens is 1. The van der Waals surface area contributed by atoms with E-state index in [1.54, 1.807) is 24.3 Å². The number of ketones is 1. The molecule has 31 heavy (non-hydrogen) atoms. The highest BCUT2D eigenvalue weighted by Gasteiger charge is 2.45. The lowest BCUT2D eigenvalue weighted by atomic mass is 9.95. The molecular weight excluding hydrogens is 403 g/mol. The van der Waals surface area contributed by atoms with Crippen LogP contribution in [0.1, 0.15) is 24.1 Å². The maximum absolute atomic E-state index is 13.3. The van der Waals surface area contributed by atoms with E-state index in [4.69, 9.17) is 9.84 Å². The Morgan fingerprint density at radius 1 is 1.10 bits per heavy atom. The van der Waals surface area contributed by atoms with Gasteiger partial charge in [-0.3, -0.25) is 9.59 Å². The minimum absolute atomic E-state index is 0.0499. The smallest absolute Gasteiger partial charge is 0.295 e. The normalized spacial score (nSPS) is 17.9. The summed E-state index contributed by atoms with van der Waals surface area (Å²) in [4.78, 5) is 27.0. The summed E-state index contributed by atoms with van der Waals surface area (Å²) in [5.74, 6) is -1.72. The minimum atomic E-state index is -0.809. The number of nitrogens with zero attached hydrogens (tertiary/aromatic N) is 1. The van der Waals surface area contributed by atoms with Crippen molar-refractivity contribution in [3.63, 3.8) is 0 Å². The molecule has 164 valence electrons. The van der Waals surface area contributed by atoms with Crippen molar-refractivity contribution in [2.75, 3.05) is 32.8 Å². The van der Waals surface area contributed by atoms with E-state index in [9.17, 15) is 19.1 Å². The number of amides is 1. The van der Waals surface area contributed by atoms with Crippen LogP contribution in [0, 0.1) is 5.82 Å². The van der Waals surface area contributed by atoms with Crippen molar-refractivity contribution in [2.24, 2.45) is 0 Å². The van der Waals surface area contributed by atoms with Crippen LogP contribution in [0.5, 0.6) is 5.75 Å². The van der Waals surface area contributed by atoms with Crippen LogP contribution in [0.2, 0.25) is 0 Å². The van der Waals surface area contributed by atoms with Gasteiger partial charge in [0.2, 0.25) is 0 Å². The third-order valence-corrected chi connectivity index (χ3v) is 4.98. The number of aliphatic hydroxyl groups excluding tert-OH is 2. The molecule has 1 saturated heterocycles. The molecule has 1 fully saturated rings. The molecule has 0 spiro atoms. The van der Waals surface area contributed by atoms with Gasteiger partial charge < -0.3 is 25.2 Å². The van der Waals surface area contributed by atoms with Gasteiger partial charge in [-0.25, -0.2) is 4.39 Å². The summed E-state index contributed by atoms with van der Waals surface area (Å²) in [7, 11) is 0. The van der Waals surface area contributed by atoms with Gasteiger partial charge in [-0.15, -0.1) is 0 Å². The lowest BCUT2D eigenvalue weighted by molar-refractivity contribution is -0.139. The molecule has 0 radical (unpaired) electrons. The molecule has 8 heteroatoms. The molecule has 0 saturated carbocycles. The van der Waals surface area contributed by atoms with E-state index >= 15 is 0 Å². The van der Waals surface area contributed by atoms with Gasteiger partial charge in [-0.2, -0.15) is 0 Å². The Hall–Kier alpha value is -3.23. The average Bonchev–Trinajstić information content (AvgIpc) is 3.02.